The minimum Gasteiger partial charge on any atom is -0.487 e. The summed E-state index contributed by atoms with van der Waals surface area (Å²) in [6.07, 6.45) is -0.0345. The number of para-hydroxylation sites is 1. The van der Waals surface area contributed by atoms with Crippen molar-refractivity contribution in [1.29, 1.82) is 0 Å². The van der Waals surface area contributed by atoms with E-state index in [2.05, 4.69) is 4.98 Å². The summed E-state index contributed by atoms with van der Waals surface area (Å²) in [7, 11) is 0. The van der Waals surface area contributed by atoms with Gasteiger partial charge >= 0.3 is 5.97 Å². The minimum atomic E-state index is -0.866. The summed E-state index contributed by atoms with van der Waals surface area (Å²) < 4.78 is 5.56. The second-order valence-corrected chi connectivity index (χ2v) is 4.17. The monoisotopic (exact) mass is 249 g/mol. The van der Waals surface area contributed by atoms with E-state index in [0.29, 0.717) is 17.9 Å². The lowest BCUT2D eigenvalue weighted by Gasteiger charge is -2.08. The SMILES string of the molecule is O=C(O)Cc1ccccc1OCc1cscn1. The van der Waals surface area contributed by atoms with E-state index in [9.17, 15) is 4.79 Å². The van der Waals surface area contributed by atoms with Crippen molar-refractivity contribution < 1.29 is 14.6 Å². The van der Waals surface area contributed by atoms with Gasteiger partial charge in [-0.25, -0.2) is 4.98 Å². The lowest BCUT2D eigenvalue weighted by Crippen LogP contribution is -2.04. The zero-order valence-electron chi connectivity index (χ0n) is 9.00. The van der Waals surface area contributed by atoms with Gasteiger partial charge in [-0.15, -0.1) is 11.3 Å². The Hall–Kier alpha value is -1.88. The number of benzene rings is 1. The van der Waals surface area contributed by atoms with E-state index < -0.39 is 5.97 Å². The molecule has 0 unspecified atom stereocenters. The molecule has 0 saturated carbocycles. The Morgan fingerprint density at radius 3 is 2.94 bits per heavy atom. The molecule has 0 aliphatic carbocycles. The van der Waals surface area contributed by atoms with Crippen molar-refractivity contribution in [3.05, 3.63) is 46.4 Å². The molecule has 1 heterocycles. The Morgan fingerprint density at radius 2 is 2.24 bits per heavy atom. The first-order chi connectivity index (χ1) is 8.25. The summed E-state index contributed by atoms with van der Waals surface area (Å²) in [5, 5.41) is 10.7. The Balaban J connectivity index is 2.06. The van der Waals surface area contributed by atoms with Gasteiger partial charge in [0.2, 0.25) is 0 Å². The number of thiazole rings is 1. The van der Waals surface area contributed by atoms with Crippen LogP contribution < -0.4 is 4.74 Å². The van der Waals surface area contributed by atoms with Gasteiger partial charge < -0.3 is 9.84 Å². The number of nitrogens with zero attached hydrogens (tertiary/aromatic N) is 1. The Kier molecular flexibility index (Phi) is 3.72. The molecule has 0 aliphatic heterocycles. The fourth-order valence-electron chi connectivity index (χ4n) is 1.41. The van der Waals surface area contributed by atoms with Gasteiger partial charge in [-0.1, -0.05) is 18.2 Å². The van der Waals surface area contributed by atoms with Crippen molar-refractivity contribution in [2.45, 2.75) is 13.0 Å². The molecule has 0 radical (unpaired) electrons. The Bertz CT molecular complexity index is 496. The molecule has 0 amide bonds. The molecule has 88 valence electrons. The highest BCUT2D eigenvalue weighted by Gasteiger charge is 2.07. The third-order valence-corrected chi connectivity index (χ3v) is 2.81. The van der Waals surface area contributed by atoms with Crippen LogP contribution >= 0.6 is 11.3 Å². The van der Waals surface area contributed by atoms with Crippen LogP contribution in [0.15, 0.2) is 35.2 Å². The first-order valence-corrected chi connectivity index (χ1v) is 5.99. The third-order valence-electron chi connectivity index (χ3n) is 2.17. The highest BCUT2D eigenvalue weighted by molar-refractivity contribution is 7.07. The summed E-state index contributed by atoms with van der Waals surface area (Å²) in [5.74, 6) is -0.266. The maximum absolute atomic E-state index is 10.7. The molecule has 0 saturated heterocycles. The molecule has 0 bridgehead atoms. The van der Waals surface area contributed by atoms with Crippen LogP contribution in [-0.2, 0) is 17.8 Å². The fraction of sp³-hybridized carbons (Fsp3) is 0.167. The van der Waals surface area contributed by atoms with Crippen molar-refractivity contribution in [2.75, 3.05) is 0 Å². The first kappa shape index (κ1) is 11.6. The summed E-state index contributed by atoms with van der Waals surface area (Å²) in [5.41, 5.74) is 3.26. The van der Waals surface area contributed by atoms with Crippen LogP contribution in [0.5, 0.6) is 5.75 Å². The quantitative estimate of drug-likeness (QED) is 0.883. The van der Waals surface area contributed by atoms with Crippen molar-refractivity contribution in [3.63, 3.8) is 0 Å². The molecule has 2 rings (SSSR count). The predicted molar refractivity (Wildman–Crippen MR) is 64.2 cm³/mol. The maximum atomic E-state index is 10.7. The van der Waals surface area contributed by atoms with Crippen molar-refractivity contribution in [3.8, 4) is 5.75 Å². The number of hydrogen-bond acceptors (Lipinski definition) is 4. The van der Waals surface area contributed by atoms with Crippen LogP contribution in [0.4, 0.5) is 0 Å². The van der Waals surface area contributed by atoms with Gasteiger partial charge in [-0.05, 0) is 6.07 Å². The van der Waals surface area contributed by atoms with Gasteiger partial charge in [0.05, 0.1) is 17.6 Å². The molecular formula is C12H11NO3S. The van der Waals surface area contributed by atoms with E-state index in [0.717, 1.165) is 5.69 Å². The fourth-order valence-corrected chi connectivity index (χ4v) is 1.96. The molecule has 17 heavy (non-hydrogen) atoms. The van der Waals surface area contributed by atoms with Crippen molar-refractivity contribution in [2.24, 2.45) is 0 Å². The second kappa shape index (κ2) is 5.45. The van der Waals surface area contributed by atoms with E-state index >= 15 is 0 Å². The molecule has 4 nitrogen and oxygen atoms in total. The van der Waals surface area contributed by atoms with E-state index in [-0.39, 0.29) is 6.42 Å². The summed E-state index contributed by atoms with van der Waals surface area (Å²) in [6.45, 7) is 0.361. The van der Waals surface area contributed by atoms with Crippen LogP contribution in [0.1, 0.15) is 11.3 Å². The zero-order chi connectivity index (χ0) is 12.1. The van der Waals surface area contributed by atoms with E-state index in [4.69, 9.17) is 9.84 Å². The average Bonchev–Trinajstić information content (AvgIpc) is 2.80. The second-order valence-electron chi connectivity index (χ2n) is 3.45. The number of aromatic nitrogens is 1. The zero-order valence-corrected chi connectivity index (χ0v) is 9.81. The molecule has 0 atom stereocenters. The smallest absolute Gasteiger partial charge is 0.307 e. The van der Waals surface area contributed by atoms with E-state index in [1.807, 2.05) is 11.4 Å². The van der Waals surface area contributed by atoms with Crippen LogP contribution in [0.3, 0.4) is 0 Å². The molecule has 0 fully saturated rings. The van der Waals surface area contributed by atoms with Crippen LogP contribution in [0.2, 0.25) is 0 Å². The Labute approximate surface area is 103 Å². The van der Waals surface area contributed by atoms with Crippen molar-refractivity contribution in [1.82, 2.24) is 4.98 Å². The van der Waals surface area contributed by atoms with Gasteiger partial charge in [0.25, 0.3) is 0 Å². The maximum Gasteiger partial charge on any atom is 0.307 e. The van der Waals surface area contributed by atoms with E-state index in [1.54, 1.807) is 23.7 Å². The van der Waals surface area contributed by atoms with Crippen LogP contribution in [0.25, 0.3) is 0 Å². The number of carboxylic acids is 1. The summed E-state index contributed by atoms with van der Waals surface area (Å²) >= 11 is 1.50. The molecular weight excluding hydrogens is 238 g/mol. The van der Waals surface area contributed by atoms with Gasteiger partial charge in [0, 0.05) is 10.9 Å². The van der Waals surface area contributed by atoms with Gasteiger partial charge in [-0.2, -0.15) is 0 Å². The number of hydrogen-bond donors (Lipinski definition) is 1. The molecule has 0 spiro atoms. The summed E-state index contributed by atoms with van der Waals surface area (Å²) in [4.78, 5) is 14.8. The third kappa shape index (κ3) is 3.29. The van der Waals surface area contributed by atoms with Crippen LogP contribution in [-0.4, -0.2) is 16.1 Å². The molecule has 1 N–H and O–H groups in total. The highest BCUT2D eigenvalue weighted by atomic mass is 32.1. The summed E-state index contributed by atoms with van der Waals surface area (Å²) in [6, 6.07) is 7.14. The largest absolute Gasteiger partial charge is 0.487 e. The first-order valence-electron chi connectivity index (χ1n) is 5.05. The normalized spacial score (nSPS) is 10.1. The van der Waals surface area contributed by atoms with Gasteiger partial charge in [0.1, 0.15) is 12.4 Å². The standard InChI is InChI=1S/C12H11NO3S/c14-12(15)5-9-3-1-2-4-11(9)16-6-10-7-17-8-13-10/h1-4,7-8H,5-6H2,(H,14,15). The molecule has 0 aliphatic rings. The number of carbonyl (C=O) groups is 1. The lowest BCUT2D eigenvalue weighted by atomic mass is 10.1. The number of ether oxygens (including phenoxy) is 1. The molecule has 1 aromatic heterocycles. The molecule has 2 aromatic rings. The predicted octanol–water partition coefficient (Wildman–Crippen LogP) is 2.35. The highest BCUT2D eigenvalue weighted by Crippen LogP contribution is 2.19. The lowest BCUT2D eigenvalue weighted by molar-refractivity contribution is -0.136. The molecule has 5 heteroatoms. The van der Waals surface area contributed by atoms with E-state index in [1.165, 1.54) is 11.3 Å². The minimum absolute atomic E-state index is 0.0345. The number of carboxylic acid groups (broad SMARTS) is 1. The van der Waals surface area contributed by atoms with Crippen molar-refractivity contribution >= 4 is 17.3 Å². The van der Waals surface area contributed by atoms with Crippen LogP contribution in [0, 0.1) is 0 Å². The average molecular weight is 249 g/mol. The number of aliphatic carboxylic acids is 1. The Morgan fingerprint density at radius 1 is 1.41 bits per heavy atom. The van der Waals surface area contributed by atoms with Gasteiger partial charge in [-0.3, -0.25) is 4.79 Å². The number of rotatable bonds is 5. The molecule has 1 aromatic carbocycles. The topological polar surface area (TPSA) is 59.4 Å². The van der Waals surface area contributed by atoms with Gasteiger partial charge in [0.15, 0.2) is 0 Å².